The van der Waals surface area contributed by atoms with Gasteiger partial charge in [0.2, 0.25) is 0 Å². The minimum absolute atomic E-state index is 0.157. The maximum absolute atomic E-state index is 4.69. The minimum atomic E-state index is 0.157. The fourth-order valence-electron chi connectivity index (χ4n) is 1.94. The summed E-state index contributed by atoms with van der Waals surface area (Å²) in [6, 6.07) is 8.10. The number of para-hydroxylation sites is 2. The summed E-state index contributed by atoms with van der Waals surface area (Å²) in [6.45, 7) is 4.98. The predicted molar refractivity (Wildman–Crippen MR) is 78.6 cm³/mol. The van der Waals surface area contributed by atoms with E-state index in [2.05, 4.69) is 34.0 Å². The van der Waals surface area contributed by atoms with Crippen LogP contribution in [0.1, 0.15) is 38.4 Å². The van der Waals surface area contributed by atoms with Crippen molar-refractivity contribution in [1.29, 1.82) is 0 Å². The normalized spacial score (nSPS) is 11.9. The van der Waals surface area contributed by atoms with Crippen LogP contribution >= 0.6 is 0 Å². The summed E-state index contributed by atoms with van der Waals surface area (Å²) < 4.78 is 0. The maximum atomic E-state index is 4.69. The highest BCUT2D eigenvalue weighted by molar-refractivity contribution is 5.73. The number of hydrogen-bond donors (Lipinski definition) is 1. The molecule has 1 unspecified atom stereocenters. The van der Waals surface area contributed by atoms with Crippen molar-refractivity contribution >= 4 is 11.0 Å². The number of rotatable bonds is 5. The first-order valence-electron chi connectivity index (χ1n) is 6.69. The van der Waals surface area contributed by atoms with Crippen molar-refractivity contribution in [1.82, 2.24) is 15.3 Å². The molecule has 0 bridgehead atoms. The van der Waals surface area contributed by atoms with E-state index in [4.69, 9.17) is 0 Å². The Labute approximate surface area is 114 Å². The minimum Gasteiger partial charge on any atom is -0.308 e. The first kappa shape index (κ1) is 13.5. The summed E-state index contributed by atoms with van der Waals surface area (Å²) in [5.74, 6) is 6.07. The molecule has 0 saturated carbocycles. The van der Waals surface area contributed by atoms with Crippen molar-refractivity contribution in [2.45, 2.75) is 32.7 Å². The summed E-state index contributed by atoms with van der Waals surface area (Å²) in [7, 11) is 0. The van der Waals surface area contributed by atoms with Gasteiger partial charge in [-0.1, -0.05) is 19.1 Å². The lowest BCUT2D eigenvalue weighted by atomic mass is 10.1. The molecule has 0 amide bonds. The molecule has 1 heterocycles. The highest BCUT2D eigenvalue weighted by Gasteiger charge is 2.11. The maximum Gasteiger partial charge on any atom is 0.0890 e. The molecule has 0 spiro atoms. The van der Waals surface area contributed by atoms with E-state index in [1.807, 2.05) is 37.4 Å². The third-order valence-electron chi connectivity index (χ3n) is 2.95. The zero-order valence-corrected chi connectivity index (χ0v) is 11.5. The van der Waals surface area contributed by atoms with Gasteiger partial charge in [-0.15, -0.1) is 11.8 Å². The average Bonchev–Trinajstić information content (AvgIpc) is 2.47. The van der Waals surface area contributed by atoms with Crippen molar-refractivity contribution in [2.75, 3.05) is 6.54 Å². The molecule has 0 aliphatic heterocycles. The van der Waals surface area contributed by atoms with E-state index in [1.165, 1.54) is 0 Å². The lowest BCUT2D eigenvalue weighted by molar-refractivity contribution is 0.530. The van der Waals surface area contributed by atoms with E-state index in [0.717, 1.165) is 36.1 Å². The van der Waals surface area contributed by atoms with Crippen LogP contribution in [0.15, 0.2) is 30.5 Å². The standard InChI is InChI=1S/C16H19N3/c1-3-5-8-14(17-11-4-2)16-12-18-13-9-6-7-10-15(13)19-16/h6-7,9-10,12,14,17H,4,8,11H2,1-2H3. The van der Waals surface area contributed by atoms with E-state index in [0.29, 0.717) is 0 Å². The molecule has 1 atom stereocenters. The van der Waals surface area contributed by atoms with Crippen LogP contribution in [0.25, 0.3) is 11.0 Å². The first-order chi connectivity index (χ1) is 9.35. The molecule has 3 nitrogen and oxygen atoms in total. The average molecular weight is 253 g/mol. The van der Waals surface area contributed by atoms with E-state index >= 15 is 0 Å². The Morgan fingerprint density at radius 3 is 2.79 bits per heavy atom. The molecule has 0 radical (unpaired) electrons. The molecular formula is C16H19N3. The lowest BCUT2D eigenvalue weighted by Crippen LogP contribution is -2.23. The van der Waals surface area contributed by atoms with Crippen LogP contribution in [0.2, 0.25) is 0 Å². The summed E-state index contributed by atoms with van der Waals surface area (Å²) in [5.41, 5.74) is 2.84. The largest absolute Gasteiger partial charge is 0.308 e. The number of nitrogens with one attached hydrogen (secondary N) is 1. The van der Waals surface area contributed by atoms with Gasteiger partial charge in [-0.3, -0.25) is 4.98 Å². The first-order valence-corrected chi connectivity index (χ1v) is 6.69. The van der Waals surface area contributed by atoms with E-state index in [1.54, 1.807) is 0 Å². The second-order valence-electron chi connectivity index (χ2n) is 4.42. The molecule has 19 heavy (non-hydrogen) atoms. The third-order valence-corrected chi connectivity index (χ3v) is 2.95. The molecule has 0 saturated heterocycles. The zero-order chi connectivity index (χ0) is 13.5. The van der Waals surface area contributed by atoms with Gasteiger partial charge < -0.3 is 5.32 Å². The molecule has 98 valence electrons. The van der Waals surface area contributed by atoms with Gasteiger partial charge >= 0.3 is 0 Å². The summed E-state index contributed by atoms with van der Waals surface area (Å²) >= 11 is 0. The monoisotopic (exact) mass is 253 g/mol. The number of nitrogens with zero attached hydrogens (tertiary/aromatic N) is 2. The Balaban J connectivity index is 2.28. The summed E-state index contributed by atoms with van der Waals surface area (Å²) in [6.07, 6.45) is 3.72. The van der Waals surface area contributed by atoms with Gasteiger partial charge in [0.05, 0.1) is 29.0 Å². The van der Waals surface area contributed by atoms with Crippen LogP contribution in [0, 0.1) is 11.8 Å². The topological polar surface area (TPSA) is 37.8 Å². The fourth-order valence-corrected chi connectivity index (χ4v) is 1.94. The van der Waals surface area contributed by atoms with Gasteiger partial charge in [-0.2, -0.15) is 0 Å². The Morgan fingerprint density at radius 2 is 2.05 bits per heavy atom. The molecule has 3 heteroatoms. The molecule has 1 aromatic heterocycles. The van der Waals surface area contributed by atoms with Crippen molar-refractivity contribution in [2.24, 2.45) is 0 Å². The van der Waals surface area contributed by atoms with Crippen LogP contribution in [0.4, 0.5) is 0 Å². The second kappa shape index (κ2) is 6.86. The quantitative estimate of drug-likeness (QED) is 0.832. The Morgan fingerprint density at radius 1 is 1.26 bits per heavy atom. The highest BCUT2D eigenvalue weighted by atomic mass is 14.9. The van der Waals surface area contributed by atoms with Gasteiger partial charge in [0.25, 0.3) is 0 Å². The number of fused-ring (bicyclic) bond motifs is 1. The van der Waals surface area contributed by atoms with Crippen molar-refractivity contribution in [3.63, 3.8) is 0 Å². The second-order valence-corrected chi connectivity index (χ2v) is 4.42. The molecule has 2 aromatic rings. The number of hydrogen-bond acceptors (Lipinski definition) is 3. The van der Waals surface area contributed by atoms with Crippen LogP contribution in [0.3, 0.4) is 0 Å². The smallest absolute Gasteiger partial charge is 0.0890 e. The van der Waals surface area contributed by atoms with Crippen molar-refractivity contribution in [3.8, 4) is 11.8 Å². The van der Waals surface area contributed by atoms with E-state index in [9.17, 15) is 0 Å². The Kier molecular flexibility index (Phi) is 4.88. The van der Waals surface area contributed by atoms with Gasteiger partial charge in [-0.05, 0) is 32.0 Å². The van der Waals surface area contributed by atoms with Gasteiger partial charge in [0.1, 0.15) is 0 Å². The lowest BCUT2D eigenvalue weighted by Gasteiger charge is -2.15. The molecular weight excluding hydrogens is 234 g/mol. The summed E-state index contributed by atoms with van der Waals surface area (Å²) in [5, 5.41) is 3.48. The van der Waals surface area contributed by atoms with Crippen LogP contribution in [-0.4, -0.2) is 16.5 Å². The molecule has 0 fully saturated rings. The van der Waals surface area contributed by atoms with Crippen LogP contribution in [-0.2, 0) is 0 Å². The van der Waals surface area contributed by atoms with Gasteiger partial charge in [0.15, 0.2) is 0 Å². The van der Waals surface area contributed by atoms with E-state index < -0.39 is 0 Å². The highest BCUT2D eigenvalue weighted by Crippen LogP contribution is 2.16. The Bertz CT molecular complexity index is 595. The SMILES string of the molecule is CC#CCC(NCCC)c1cnc2ccccc2n1. The molecule has 1 aromatic carbocycles. The van der Waals surface area contributed by atoms with Crippen LogP contribution in [0.5, 0.6) is 0 Å². The number of benzene rings is 1. The fraction of sp³-hybridized carbons (Fsp3) is 0.375. The van der Waals surface area contributed by atoms with E-state index in [-0.39, 0.29) is 6.04 Å². The van der Waals surface area contributed by atoms with Gasteiger partial charge in [-0.25, -0.2) is 4.98 Å². The third kappa shape index (κ3) is 3.52. The zero-order valence-electron chi connectivity index (χ0n) is 11.5. The number of aromatic nitrogens is 2. The van der Waals surface area contributed by atoms with Crippen molar-refractivity contribution in [3.05, 3.63) is 36.2 Å². The molecule has 2 rings (SSSR count). The Hall–Kier alpha value is -1.92. The molecule has 0 aliphatic carbocycles. The molecule has 1 N–H and O–H groups in total. The van der Waals surface area contributed by atoms with Crippen LogP contribution < -0.4 is 5.32 Å². The van der Waals surface area contributed by atoms with Gasteiger partial charge in [0, 0.05) is 6.42 Å². The summed E-state index contributed by atoms with van der Waals surface area (Å²) in [4.78, 5) is 9.16. The molecule has 0 aliphatic rings. The van der Waals surface area contributed by atoms with Crippen molar-refractivity contribution < 1.29 is 0 Å². The predicted octanol–water partition coefficient (Wildman–Crippen LogP) is 3.08.